The number of rotatable bonds is 35. The first-order chi connectivity index (χ1) is 42.7. The number of primary amides is 1. The van der Waals surface area contributed by atoms with Crippen molar-refractivity contribution in [3.8, 4) is 0 Å². The van der Waals surface area contributed by atoms with E-state index < -0.39 is 187 Å². The van der Waals surface area contributed by atoms with E-state index in [1.807, 2.05) is 37.3 Å². The number of aliphatic hydroxyl groups excluding tert-OH is 2. The number of likely N-dealkylation sites (N-methyl/N-ethyl adjacent to an activating group) is 1. The summed E-state index contributed by atoms with van der Waals surface area (Å²) in [4.78, 5) is 170. The zero-order valence-corrected chi connectivity index (χ0v) is 54.2. The van der Waals surface area contributed by atoms with E-state index >= 15 is 0 Å². The summed E-state index contributed by atoms with van der Waals surface area (Å²) in [5.41, 5.74) is 6.31. The van der Waals surface area contributed by atoms with E-state index in [1.54, 1.807) is 62.7 Å². The van der Waals surface area contributed by atoms with Gasteiger partial charge in [0.05, 0.1) is 19.3 Å². The fourth-order valence-electron chi connectivity index (χ4n) is 9.41. The molecule has 1 aliphatic heterocycles. The molecule has 90 heavy (non-hydrogen) atoms. The third kappa shape index (κ3) is 25.5. The molecular formula is C60H101N15O15. The number of carbonyl (C=O) groups excluding carboxylic acids is 12. The Kier molecular flexibility index (Phi) is 35.2. The minimum absolute atomic E-state index is 0.111. The van der Waals surface area contributed by atoms with Crippen LogP contribution in [0.5, 0.6) is 0 Å². The quantitative estimate of drug-likeness (QED) is 0.0138. The second kappa shape index (κ2) is 40.6. The monoisotopic (exact) mass is 1270 g/mol. The van der Waals surface area contributed by atoms with E-state index in [4.69, 9.17) is 10.5 Å². The summed E-state index contributed by atoms with van der Waals surface area (Å²) < 4.78 is 5.72. The summed E-state index contributed by atoms with van der Waals surface area (Å²) in [6.07, 6.45) is 0.600. The second-order valence-electron chi connectivity index (χ2n) is 22.7. The Bertz CT molecular complexity index is 2580. The van der Waals surface area contributed by atoms with Crippen molar-refractivity contribution in [2.75, 3.05) is 40.9 Å². The average Bonchev–Trinajstić information content (AvgIpc) is 1.69. The lowest BCUT2D eigenvalue weighted by Crippen LogP contribution is -2.63. The Balaban J connectivity index is 2.39. The van der Waals surface area contributed by atoms with Crippen LogP contribution in [0.2, 0.25) is 0 Å². The molecule has 1 aromatic rings. The van der Waals surface area contributed by atoms with Crippen molar-refractivity contribution in [2.24, 2.45) is 28.5 Å². The molecule has 1 aliphatic rings. The molecule has 0 aliphatic carbocycles. The van der Waals surface area contributed by atoms with Crippen LogP contribution in [-0.2, 0) is 68.7 Å². The standard InChI is InChI=1S/C60H101N15O15/c1-13-17-24-40-59(89)90-36(9)48(58(88)66-35(8)49(79)67-38(50(80)69-40)25-21-28-65-60(63-11)64-12)75-54(84)43(31-77)71-56(86)46(33(6)15-3)74-57(87)47(34(7)16-4)72-51(81)39(26-27-44(61)78)68-53(83)42(30-76)70-55(85)45(32(5)14-2)73-52(82)41(62-10)29-37-22-19-18-20-23-37/h18-20,22-23,32-36,38-43,45-48,62,76-77H,13-17,21,24-31H2,1-12H3,(H2,61,78)(H,66,88)(H,67,79)(H,68,83)(H,69,80)(H,70,85)(H,71,86)(H,72,81)(H,73,82)(H,74,87)(H,75,84)(H2,63,64,65)/t32-,33-,34-,35-,36-,38-,39+,40?,41+,42-,43-,45-,46-,47+,48+/m0/s1. The largest absolute Gasteiger partial charge is 0.458 e. The molecule has 30 heteroatoms. The molecule has 0 aromatic heterocycles. The number of nitrogens with one attached hydrogen (secondary N) is 13. The predicted molar refractivity (Wildman–Crippen MR) is 334 cm³/mol. The van der Waals surface area contributed by atoms with Crippen LogP contribution < -0.4 is 74.9 Å². The summed E-state index contributed by atoms with van der Waals surface area (Å²) in [6.45, 7) is 13.0. The highest BCUT2D eigenvalue weighted by Crippen LogP contribution is 2.16. The Morgan fingerprint density at radius 3 is 1.58 bits per heavy atom. The zero-order valence-electron chi connectivity index (χ0n) is 54.2. The van der Waals surface area contributed by atoms with Crippen LogP contribution in [0, 0.1) is 17.8 Å². The van der Waals surface area contributed by atoms with Crippen molar-refractivity contribution in [1.29, 1.82) is 0 Å². The summed E-state index contributed by atoms with van der Waals surface area (Å²) in [7, 11) is 4.85. The van der Waals surface area contributed by atoms with Gasteiger partial charge in [0.2, 0.25) is 65.0 Å². The van der Waals surface area contributed by atoms with Gasteiger partial charge in [0, 0.05) is 27.1 Å². The Hall–Kier alpha value is -7.99. The van der Waals surface area contributed by atoms with Crippen LogP contribution in [-0.4, -0.2) is 201 Å². The number of cyclic esters (lactones) is 1. The second-order valence-corrected chi connectivity index (χ2v) is 22.7. The van der Waals surface area contributed by atoms with Crippen LogP contribution in [0.4, 0.5) is 0 Å². The summed E-state index contributed by atoms with van der Waals surface area (Å²) in [6, 6.07) is -6.17. The topological polar surface area (TPSA) is 449 Å². The molecule has 1 heterocycles. The molecule has 0 bridgehead atoms. The highest BCUT2D eigenvalue weighted by atomic mass is 16.5. The number of hydrogen-bond donors (Lipinski definition) is 16. The Morgan fingerprint density at radius 2 is 1.09 bits per heavy atom. The van der Waals surface area contributed by atoms with Crippen LogP contribution in [0.3, 0.4) is 0 Å². The maximum Gasteiger partial charge on any atom is 0.328 e. The molecule has 1 aromatic carbocycles. The highest BCUT2D eigenvalue weighted by molar-refractivity contribution is 5.99. The van der Waals surface area contributed by atoms with Crippen LogP contribution in [0.15, 0.2) is 35.3 Å². The van der Waals surface area contributed by atoms with Gasteiger partial charge in [-0.3, -0.25) is 57.7 Å². The third-order valence-electron chi connectivity index (χ3n) is 15.9. The van der Waals surface area contributed by atoms with Crippen molar-refractivity contribution in [3.63, 3.8) is 0 Å². The minimum Gasteiger partial charge on any atom is -0.458 e. The van der Waals surface area contributed by atoms with Crippen molar-refractivity contribution >= 4 is 76.9 Å². The van der Waals surface area contributed by atoms with E-state index in [1.165, 1.54) is 13.8 Å². The first-order valence-corrected chi connectivity index (χ1v) is 31.0. The summed E-state index contributed by atoms with van der Waals surface area (Å²) in [5.74, 6) is -12.0. The molecule has 1 saturated heterocycles. The van der Waals surface area contributed by atoms with Gasteiger partial charge in [-0.25, -0.2) is 4.79 Å². The van der Waals surface area contributed by atoms with Gasteiger partial charge in [-0.2, -0.15) is 0 Å². The normalized spacial score (nSPS) is 20.7. The van der Waals surface area contributed by atoms with E-state index in [0.29, 0.717) is 44.6 Å². The molecule has 30 nitrogen and oxygen atoms in total. The van der Waals surface area contributed by atoms with Crippen LogP contribution in [0.1, 0.15) is 132 Å². The SMILES string of the molecule is CCCCC1NC(=O)[C@H](CCCNC(=NC)NC)NC(=O)[C@H](C)NC(=O)[C@H](NC(=O)[C@H](CO)NC(=O)[C@@H](NC(=O)[C@H](NC(=O)[C@@H](CCC(N)=O)NC(=O)[C@H](CO)NC(=O)[C@@H](NC(=O)[C@@H](Cc2ccccc2)NC)[C@@H](C)CC)[C@@H](C)CC)[C@@H](C)CC)[C@H](C)OC1=O. The number of nitrogens with two attached hydrogens (primary N) is 1. The molecule has 1 fully saturated rings. The van der Waals surface area contributed by atoms with Crippen molar-refractivity contribution in [3.05, 3.63) is 35.9 Å². The van der Waals surface area contributed by atoms with Gasteiger partial charge in [-0.05, 0) is 76.3 Å². The van der Waals surface area contributed by atoms with Crippen molar-refractivity contribution in [1.82, 2.24) is 69.1 Å². The predicted octanol–water partition coefficient (Wildman–Crippen LogP) is -3.22. The van der Waals surface area contributed by atoms with Gasteiger partial charge in [0.1, 0.15) is 66.5 Å². The lowest BCUT2D eigenvalue weighted by atomic mass is 9.94. The maximum absolute atomic E-state index is 14.4. The van der Waals surface area contributed by atoms with E-state index in [0.717, 1.165) is 5.56 Å². The molecule has 2 rings (SSSR count). The minimum atomic E-state index is -1.82. The molecule has 1 unspecified atom stereocenters. The number of esters is 1. The lowest BCUT2D eigenvalue weighted by Gasteiger charge is -2.31. The van der Waals surface area contributed by atoms with Gasteiger partial charge in [-0.1, -0.05) is 111 Å². The average molecular weight is 1270 g/mol. The van der Waals surface area contributed by atoms with Gasteiger partial charge in [0.15, 0.2) is 5.96 Å². The molecule has 11 amide bonds. The summed E-state index contributed by atoms with van der Waals surface area (Å²) in [5, 5.41) is 55.4. The first kappa shape index (κ1) is 78.1. The number of ether oxygens (including phenoxy) is 1. The number of amides is 11. The van der Waals surface area contributed by atoms with Crippen LogP contribution in [0.25, 0.3) is 0 Å². The van der Waals surface area contributed by atoms with E-state index in [2.05, 4.69) is 74.1 Å². The number of guanidine groups is 1. The molecule has 0 saturated carbocycles. The van der Waals surface area contributed by atoms with Crippen molar-refractivity contribution < 1.29 is 72.5 Å². The lowest BCUT2D eigenvalue weighted by molar-refractivity contribution is -0.156. The number of carbonyl (C=O) groups is 12. The van der Waals surface area contributed by atoms with E-state index in [9.17, 15) is 67.7 Å². The van der Waals surface area contributed by atoms with E-state index in [-0.39, 0.29) is 25.7 Å². The van der Waals surface area contributed by atoms with Crippen molar-refractivity contribution in [2.45, 2.75) is 206 Å². The molecule has 15 atom stereocenters. The van der Waals surface area contributed by atoms with Gasteiger partial charge in [-0.15, -0.1) is 0 Å². The number of benzene rings is 1. The smallest absolute Gasteiger partial charge is 0.328 e. The molecule has 17 N–H and O–H groups in total. The van der Waals surface area contributed by atoms with Gasteiger partial charge in [0.25, 0.3) is 0 Å². The molecule has 0 radical (unpaired) electrons. The zero-order chi connectivity index (χ0) is 67.8. The Labute approximate surface area is 527 Å². The summed E-state index contributed by atoms with van der Waals surface area (Å²) >= 11 is 0. The fraction of sp³-hybridized carbons (Fsp3) is 0.683. The molecule has 506 valence electrons. The van der Waals surface area contributed by atoms with Crippen LogP contribution >= 0.6 is 0 Å². The maximum atomic E-state index is 14.4. The molecular weight excluding hydrogens is 1170 g/mol. The fourth-order valence-corrected chi connectivity index (χ4v) is 9.41. The number of nitrogens with zero attached hydrogens (tertiary/aromatic N) is 1. The third-order valence-corrected chi connectivity index (χ3v) is 15.9. The van der Waals surface area contributed by atoms with Gasteiger partial charge < -0.3 is 89.8 Å². The molecule has 0 spiro atoms. The Morgan fingerprint density at radius 1 is 0.611 bits per heavy atom. The number of unbranched alkanes of at least 4 members (excludes halogenated alkanes) is 1. The number of hydrogen-bond acceptors (Lipinski definition) is 17. The van der Waals surface area contributed by atoms with Gasteiger partial charge >= 0.3 is 5.97 Å². The first-order valence-electron chi connectivity index (χ1n) is 31.0. The highest BCUT2D eigenvalue weighted by Gasteiger charge is 2.40. The number of aliphatic imine (C=N–C) groups is 1. The number of aliphatic hydroxyl groups is 2.